The lowest BCUT2D eigenvalue weighted by Gasteiger charge is -2.11. The second-order valence-electron chi connectivity index (χ2n) is 7.06. The number of carbonyl (C=O) groups is 2. The number of methoxy groups -OCH3 is 3. The molecule has 0 atom stereocenters. The van der Waals surface area contributed by atoms with E-state index in [0.29, 0.717) is 23.7 Å². The molecule has 3 aromatic rings. The molecule has 3 rings (SSSR count). The van der Waals surface area contributed by atoms with Crippen molar-refractivity contribution in [3.63, 3.8) is 0 Å². The van der Waals surface area contributed by atoms with Crippen molar-refractivity contribution in [3.8, 4) is 17.2 Å². The molecule has 2 aromatic carbocycles. The highest BCUT2D eigenvalue weighted by molar-refractivity contribution is 6.11. The Balaban J connectivity index is 1.70. The summed E-state index contributed by atoms with van der Waals surface area (Å²) in [5, 5.41) is 12.5. The lowest BCUT2D eigenvalue weighted by molar-refractivity contribution is -0.111. The molecule has 0 spiro atoms. The van der Waals surface area contributed by atoms with Gasteiger partial charge in [-0.2, -0.15) is 5.10 Å². The Morgan fingerprint density at radius 3 is 2.27 bits per heavy atom. The van der Waals surface area contributed by atoms with Gasteiger partial charge in [-0.15, -0.1) is 0 Å². The van der Waals surface area contributed by atoms with E-state index >= 15 is 0 Å². The number of carbonyl (C=O) groups excluding carboxylic acids is 2. The Hall–Kier alpha value is -4.27. The minimum Gasteiger partial charge on any atom is -0.497 e. The number of anilines is 2. The summed E-state index contributed by atoms with van der Waals surface area (Å²) in [6, 6.07) is 12.3. The van der Waals surface area contributed by atoms with Crippen molar-refractivity contribution in [1.29, 1.82) is 0 Å². The third-order valence-corrected chi connectivity index (χ3v) is 4.88. The molecule has 0 aliphatic carbocycles. The maximum absolute atomic E-state index is 12.9. The molecule has 0 aliphatic heterocycles. The molecule has 0 saturated carbocycles. The van der Waals surface area contributed by atoms with E-state index in [-0.39, 0.29) is 5.56 Å². The van der Waals surface area contributed by atoms with Gasteiger partial charge >= 0.3 is 0 Å². The molecule has 172 valence electrons. The van der Waals surface area contributed by atoms with Crippen LogP contribution in [0.2, 0.25) is 0 Å². The number of benzene rings is 2. The fraction of sp³-hybridized carbons (Fsp3) is 0.208. The van der Waals surface area contributed by atoms with E-state index in [1.165, 1.54) is 13.2 Å². The number of amides is 2. The van der Waals surface area contributed by atoms with Crippen molar-refractivity contribution < 1.29 is 23.8 Å². The van der Waals surface area contributed by atoms with Gasteiger partial charge in [0.1, 0.15) is 17.2 Å². The molecule has 1 aromatic heterocycles. The number of nitrogens with one attached hydrogen (secondary N) is 3. The fourth-order valence-electron chi connectivity index (χ4n) is 3.16. The van der Waals surface area contributed by atoms with Gasteiger partial charge in [0.25, 0.3) is 5.91 Å². The van der Waals surface area contributed by atoms with E-state index in [0.717, 1.165) is 35.3 Å². The predicted molar refractivity (Wildman–Crippen MR) is 125 cm³/mol. The number of aryl methyl sites for hydroxylation is 2. The van der Waals surface area contributed by atoms with Gasteiger partial charge in [0.2, 0.25) is 5.91 Å². The normalized spacial score (nSPS) is 10.3. The molecule has 9 heteroatoms. The summed E-state index contributed by atoms with van der Waals surface area (Å²) in [5.74, 6) is 1.42. The third kappa shape index (κ3) is 6.13. The largest absolute Gasteiger partial charge is 0.497 e. The van der Waals surface area contributed by atoms with Crippen LogP contribution in [0.4, 0.5) is 11.5 Å². The summed E-state index contributed by atoms with van der Waals surface area (Å²) in [6.07, 6.45) is 2.51. The van der Waals surface area contributed by atoms with Crippen LogP contribution in [0.5, 0.6) is 17.2 Å². The standard InChI is InChI=1S/C24H26N4O5/c1-5-23(29)25-21-9-8-17(31-2)14-20(21)24(30)26-22-12-16(27-28-22)7-6-15-10-18(32-3)13-19(11-15)33-4/h5,8-14H,1,6-7H2,2-4H3,(H,25,29)(H2,26,27,28,30). The molecule has 0 fully saturated rings. The number of aromatic amines is 1. The average molecular weight is 450 g/mol. The van der Waals surface area contributed by atoms with E-state index in [2.05, 4.69) is 27.4 Å². The first-order valence-electron chi connectivity index (χ1n) is 10.1. The Labute approximate surface area is 191 Å². The monoisotopic (exact) mass is 450 g/mol. The number of aromatic nitrogens is 2. The first kappa shape index (κ1) is 23.4. The van der Waals surface area contributed by atoms with Crippen molar-refractivity contribution in [2.75, 3.05) is 32.0 Å². The van der Waals surface area contributed by atoms with Crippen LogP contribution >= 0.6 is 0 Å². The molecule has 3 N–H and O–H groups in total. The van der Waals surface area contributed by atoms with E-state index in [1.54, 1.807) is 32.4 Å². The highest BCUT2D eigenvalue weighted by Crippen LogP contribution is 2.25. The molecule has 1 heterocycles. The molecule has 9 nitrogen and oxygen atoms in total. The Bertz CT molecular complexity index is 1130. The Morgan fingerprint density at radius 2 is 1.64 bits per heavy atom. The number of rotatable bonds is 10. The zero-order chi connectivity index (χ0) is 23.8. The number of ether oxygens (including phenoxy) is 3. The summed E-state index contributed by atoms with van der Waals surface area (Å²) in [6.45, 7) is 3.43. The van der Waals surface area contributed by atoms with Crippen molar-refractivity contribution in [2.45, 2.75) is 12.8 Å². The van der Waals surface area contributed by atoms with Gasteiger partial charge in [0.15, 0.2) is 5.82 Å². The van der Waals surface area contributed by atoms with Crippen molar-refractivity contribution >= 4 is 23.3 Å². The molecule has 0 radical (unpaired) electrons. The maximum atomic E-state index is 12.9. The summed E-state index contributed by atoms with van der Waals surface area (Å²) in [4.78, 5) is 24.6. The molecule has 0 bridgehead atoms. The molecule has 0 saturated heterocycles. The van der Waals surface area contributed by atoms with E-state index in [4.69, 9.17) is 14.2 Å². The smallest absolute Gasteiger partial charge is 0.259 e. The Morgan fingerprint density at radius 1 is 0.939 bits per heavy atom. The molecule has 0 unspecified atom stereocenters. The predicted octanol–water partition coefficient (Wildman–Crippen LogP) is 3.60. The molecule has 33 heavy (non-hydrogen) atoms. The lowest BCUT2D eigenvalue weighted by atomic mass is 10.1. The van der Waals surface area contributed by atoms with Gasteiger partial charge < -0.3 is 24.8 Å². The van der Waals surface area contributed by atoms with E-state index in [1.807, 2.05) is 18.2 Å². The van der Waals surface area contributed by atoms with Gasteiger partial charge in [0, 0.05) is 17.8 Å². The minimum atomic E-state index is -0.441. The van der Waals surface area contributed by atoms with Crippen LogP contribution < -0.4 is 24.8 Å². The number of hydrogen-bond donors (Lipinski definition) is 3. The number of hydrogen-bond acceptors (Lipinski definition) is 6. The average Bonchev–Trinajstić information content (AvgIpc) is 3.29. The van der Waals surface area contributed by atoms with Crippen LogP contribution in [0, 0.1) is 0 Å². The maximum Gasteiger partial charge on any atom is 0.259 e. The highest BCUT2D eigenvalue weighted by Gasteiger charge is 2.16. The van der Waals surface area contributed by atoms with Crippen LogP contribution in [0.3, 0.4) is 0 Å². The quantitative estimate of drug-likeness (QED) is 0.407. The molecule has 2 amide bonds. The van der Waals surface area contributed by atoms with Crippen molar-refractivity contribution in [3.05, 3.63) is 71.9 Å². The topological polar surface area (TPSA) is 115 Å². The first-order valence-corrected chi connectivity index (χ1v) is 10.1. The second kappa shape index (κ2) is 10.9. The van der Waals surface area contributed by atoms with Gasteiger partial charge in [-0.1, -0.05) is 6.58 Å². The SMILES string of the molecule is C=CC(=O)Nc1ccc(OC)cc1C(=O)Nc1cc(CCc2cc(OC)cc(OC)c2)[nH]n1. The van der Waals surface area contributed by atoms with Crippen LogP contribution in [0.25, 0.3) is 0 Å². The van der Waals surface area contributed by atoms with Gasteiger partial charge in [-0.05, 0) is 54.8 Å². The van der Waals surface area contributed by atoms with Gasteiger partial charge in [-0.3, -0.25) is 14.7 Å². The third-order valence-electron chi connectivity index (χ3n) is 4.88. The Kier molecular flexibility index (Phi) is 7.69. The van der Waals surface area contributed by atoms with E-state index in [9.17, 15) is 9.59 Å². The summed E-state index contributed by atoms with van der Waals surface area (Å²) in [7, 11) is 4.72. The van der Waals surface area contributed by atoms with Gasteiger partial charge in [-0.25, -0.2) is 0 Å². The first-order chi connectivity index (χ1) is 15.9. The highest BCUT2D eigenvalue weighted by atomic mass is 16.5. The van der Waals surface area contributed by atoms with Crippen LogP contribution in [-0.2, 0) is 17.6 Å². The van der Waals surface area contributed by atoms with Crippen molar-refractivity contribution in [2.24, 2.45) is 0 Å². The van der Waals surface area contributed by atoms with E-state index < -0.39 is 11.8 Å². The van der Waals surface area contributed by atoms with Crippen LogP contribution in [0.1, 0.15) is 21.6 Å². The fourth-order valence-corrected chi connectivity index (χ4v) is 3.16. The molecular formula is C24H26N4O5. The second-order valence-corrected chi connectivity index (χ2v) is 7.06. The summed E-state index contributed by atoms with van der Waals surface area (Å²) in [5.41, 5.74) is 2.46. The van der Waals surface area contributed by atoms with Crippen molar-refractivity contribution in [1.82, 2.24) is 10.2 Å². The number of H-pyrrole nitrogens is 1. The lowest BCUT2D eigenvalue weighted by Crippen LogP contribution is -2.17. The summed E-state index contributed by atoms with van der Waals surface area (Å²) >= 11 is 0. The molecule has 0 aliphatic rings. The zero-order valence-corrected chi connectivity index (χ0v) is 18.7. The summed E-state index contributed by atoms with van der Waals surface area (Å²) < 4.78 is 15.8. The zero-order valence-electron chi connectivity index (χ0n) is 18.7. The van der Waals surface area contributed by atoms with Crippen LogP contribution in [0.15, 0.2) is 55.1 Å². The minimum absolute atomic E-state index is 0.234. The van der Waals surface area contributed by atoms with Crippen LogP contribution in [-0.4, -0.2) is 43.3 Å². The number of nitrogens with zero attached hydrogens (tertiary/aromatic N) is 1. The van der Waals surface area contributed by atoms with Gasteiger partial charge in [0.05, 0.1) is 32.6 Å². The molecular weight excluding hydrogens is 424 g/mol.